The summed E-state index contributed by atoms with van der Waals surface area (Å²) in [5.41, 5.74) is 1.27. The van der Waals surface area contributed by atoms with Crippen molar-refractivity contribution >= 4 is 5.97 Å². The maximum Gasteiger partial charge on any atom is 0.303 e. The van der Waals surface area contributed by atoms with Gasteiger partial charge in [0.2, 0.25) is 0 Å². The van der Waals surface area contributed by atoms with Gasteiger partial charge in [-0.3, -0.25) is 4.79 Å². The molecule has 1 aliphatic heterocycles. The Morgan fingerprint density at radius 2 is 1.85 bits per heavy atom. The first kappa shape index (κ1) is 24.2. The lowest BCUT2D eigenvalue weighted by Gasteiger charge is -2.38. The van der Waals surface area contributed by atoms with Crippen molar-refractivity contribution in [1.29, 1.82) is 0 Å². The molecule has 180 valence electrons. The van der Waals surface area contributed by atoms with E-state index in [1.807, 2.05) is 42.5 Å². The molecule has 2 fully saturated rings. The van der Waals surface area contributed by atoms with Crippen molar-refractivity contribution in [3.05, 3.63) is 90.5 Å². The first-order valence-corrected chi connectivity index (χ1v) is 12.2. The molecule has 0 aromatic heterocycles. The highest BCUT2D eigenvalue weighted by Crippen LogP contribution is 2.56. The first-order chi connectivity index (χ1) is 16.6. The summed E-state index contributed by atoms with van der Waals surface area (Å²) in [5.74, 6) is 0.542. The fraction of sp³-hybridized carbons (Fsp3) is 0.414. The Morgan fingerprint density at radius 1 is 1.12 bits per heavy atom. The smallest absolute Gasteiger partial charge is 0.303 e. The summed E-state index contributed by atoms with van der Waals surface area (Å²) in [7, 11) is 0. The predicted molar refractivity (Wildman–Crippen MR) is 132 cm³/mol. The molecule has 5 nitrogen and oxygen atoms in total. The van der Waals surface area contributed by atoms with E-state index in [-0.39, 0.29) is 30.5 Å². The van der Waals surface area contributed by atoms with Crippen molar-refractivity contribution in [3.63, 3.8) is 0 Å². The summed E-state index contributed by atoms with van der Waals surface area (Å²) < 4.78 is 11.9. The molecule has 2 aliphatic rings. The number of hydrogen-bond donors (Lipinski definition) is 2. The van der Waals surface area contributed by atoms with Gasteiger partial charge in [-0.05, 0) is 49.3 Å². The molecule has 1 heterocycles. The van der Waals surface area contributed by atoms with Gasteiger partial charge in [0, 0.05) is 17.8 Å². The van der Waals surface area contributed by atoms with Crippen LogP contribution in [0.15, 0.2) is 85.0 Å². The van der Waals surface area contributed by atoms with E-state index in [1.54, 1.807) is 0 Å². The van der Waals surface area contributed by atoms with E-state index in [0.717, 1.165) is 25.0 Å². The second-order valence-electron chi connectivity index (χ2n) is 9.33. The Labute approximate surface area is 201 Å². The summed E-state index contributed by atoms with van der Waals surface area (Å²) in [5, 5.41) is 19.4. The van der Waals surface area contributed by atoms with Crippen LogP contribution in [0, 0.1) is 11.8 Å². The van der Waals surface area contributed by atoms with Crippen LogP contribution in [-0.2, 0) is 14.9 Å². The molecule has 2 aromatic rings. The molecule has 0 radical (unpaired) electrons. The van der Waals surface area contributed by atoms with Crippen LogP contribution in [0.2, 0.25) is 0 Å². The molecule has 1 saturated heterocycles. The lowest BCUT2D eigenvalue weighted by Crippen LogP contribution is -2.39. The first-order valence-electron chi connectivity index (χ1n) is 12.2. The van der Waals surface area contributed by atoms with Crippen LogP contribution in [0.5, 0.6) is 5.75 Å². The number of carbonyl (C=O) groups is 1. The molecule has 5 heteroatoms. The van der Waals surface area contributed by atoms with Gasteiger partial charge in [-0.2, -0.15) is 0 Å². The van der Waals surface area contributed by atoms with E-state index in [9.17, 15) is 9.90 Å². The van der Waals surface area contributed by atoms with Gasteiger partial charge in [0.25, 0.3) is 0 Å². The Kier molecular flexibility index (Phi) is 8.20. The van der Waals surface area contributed by atoms with E-state index in [0.29, 0.717) is 18.9 Å². The van der Waals surface area contributed by atoms with Crippen molar-refractivity contribution in [2.75, 3.05) is 13.2 Å². The number of aliphatic carboxylic acids is 1. The number of rotatable bonds is 12. The lowest BCUT2D eigenvalue weighted by atomic mass is 9.69. The zero-order valence-electron chi connectivity index (χ0n) is 19.5. The number of carboxylic acids is 1. The number of unbranched alkanes of at least 4 members (excludes halogenated alkanes) is 1. The third-order valence-corrected chi connectivity index (χ3v) is 7.11. The minimum atomic E-state index is -0.748. The lowest BCUT2D eigenvalue weighted by molar-refractivity contribution is -0.137. The number of ether oxygens (including phenoxy) is 2. The van der Waals surface area contributed by atoms with E-state index < -0.39 is 12.1 Å². The predicted octanol–water partition coefficient (Wildman–Crippen LogP) is 5.16. The van der Waals surface area contributed by atoms with Crippen molar-refractivity contribution in [2.24, 2.45) is 11.8 Å². The van der Waals surface area contributed by atoms with E-state index in [1.165, 1.54) is 5.56 Å². The van der Waals surface area contributed by atoms with E-state index >= 15 is 0 Å². The second kappa shape index (κ2) is 11.5. The average molecular weight is 463 g/mol. The van der Waals surface area contributed by atoms with Crippen LogP contribution in [0.1, 0.15) is 37.7 Å². The Bertz CT molecular complexity index is 971. The molecule has 0 unspecified atom stereocenters. The largest absolute Gasteiger partial charge is 0.491 e. The molecular formula is C29H34O5. The van der Waals surface area contributed by atoms with Gasteiger partial charge in [-0.15, -0.1) is 0 Å². The van der Waals surface area contributed by atoms with Crippen LogP contribution in [-0.4, -0.2) is 41.6 Å². The molecule has 1 aliphatic carbocycles. The zero-order valence-corrected chi connectivity index (χ0v) is 19.5. The maximum absolute atomic E-state index is 10.7. The number of hydrogen-bond acceptors (Lipinski definition) is 4. The van der Waals surface area contributed by atoms with Crippen molar-refractivity contribution < 1.29 is 24.5 Å². The minimum absolute atomic E-state index is 0.0438. The highest BCUT2D eigenvalue weighted by atomic mass is 16.5. The summed E-state index contributed by atoms with van der Waals surface area (Å²) in [6.45, 7) is 0.917. The van der Waals surface area contributed by atoms with Gasteiger partial charge in [0.15, 0.2) is 0 Å². The molecule has 0 amide bonds. The van der Waals surface area contributed by atoms with Gasteiger partial charge in [-0.25, -0.2) is 0 Å². The molecule has 0 spiro atoms. The van der Waals surface area contributed by atoms with Crippen LogP contribution < -0.4 is 4.74 Å². The van der Waals surface area contributed by atoms with Gasteiger partial charge < -0.3 is 19.7 Å². The monoisotopic (exact) mass is 462 g/mol. The molecule has 2 aromatic carbocycles. The summed E-state index contributed by atoms with van der Waals surface area (Å²) in [6, 6.07) is 20.1. The van der Waals surface area contributed by atoms with Crippen LogP contribution >= 0.6 is 0 Å². The van der Waals surface area contributed by atoms with Gasteiger partial charge >= 0.3 is 5.97 Å². The van der Waals surface area contributed by atoms with Crippen LogP contribution in [0.4, 0.5) is 0 Å². The summed E-state index contributed by atoms with van der Waals surface area (Å²) in [6.07, 6.45) is 11.2. The van der Waals surface area contributed by atoms with Crippen molar-refractivity contribution in [1.82, 2.24) is 0 Å². The number of carboxylic acid groups (broad SMARTS) is 1. The van der Waals surface area contributed by atoms with Gasteiger partial charge in [-0.1, -0.05) is 72.8 Å². The Hall–Kier alpha value is -2.89. The van der Waals surface area contributed by atoms with Crippen molar-refractivity contribution in [3.8, 4) is 5.75 Å². The molecule has 5 atom stereocenters. The van der Waals surface area contributed by atoms with Crippen molar-refractivity contribution in [2.45, 2.75) is 49.7 Å². The van der Waals surface area contributed by atoms with Crippen LogP contribution in [0.3, 0.4) is 0 Å². The van der Waals surface area contributed by atoms with E-state index in [4.69, 9.17) is 14.6 Å². The fourth-order valence-corrected chi connectivity index (χ4v) is 5.43. The van der Waals surface area contributed by atoms with Gasteiger partial charge in [0.05, 0.1) is 12.7 Å². The van der Waals surface area contributed by atoms with Crippen LogP contribution in [0.25, 0.3) is 0 Å². The molecule has 1 saturated carbocycles. The number of aliphatic hydroxyl groups is 1. The number of para-hydroxylation sites is 1. The average Bonchev–Trinajstić information content (AvgIpc) is 3.43. The van der Waals surface area contributed by atoms with Gasteiger partial charge in [0.1, 0.15) is 18.5 Å². The Morgan fingerprint density at radius 3 is 2.59 bits per heavy atom. The quantitative estimate of drug-likeness (QED) is 0.337. The number of allylic oxidation sites excluding steroid dienone is 2. The maximum atomic E-state index is 10.7. The van der Waals surface area contributed by atoms with E-state index in [2.05, 4.69) is 42.5 Å². The summed E-state index contributed by atoms with van der Waals surface area (Å²) >= 11 is 0. The minimum Gasteiger partial charge on any atom is -0.491 e. The number of benzene rings is 2. The fourth-order valence-electron chi connectivity index (χ4n) is 5.43. The topological polar surface area (TPSA) is 76.0 Å². The normalized spacial score (nSPS) is 26.9. The standard InChI is InChI=1S/C29H34O5/c30-23(20-33-24-13-7-4-8-14-24)17-18-25-26(15-9-1-2-10-16-28(31)32)29(19-27(25)34-21-29)22-11-5-3-6-12-22/h1,3-9,11-14,17-18,23,25-27,30H,2,10,15-16,19-21H2,(H,31,32)/t23-,25+,26-,27-,29-/m1/s1. The highest BCUT2D eigenvalue weighted by Gasteiger charge is 2.58. The third kappa shape index (κ3) is 5.78. The molecule has 2 bridgehead atoms. The summed E-state index contributed by atoms with van der Waals surface area (Å²) in [4.78, 5) is 10.7. The highest BCUT2D eigenvalue weighted by molar-refractivity contribution is 5.66. The zero-order chi connectivity index (χ0) is 23.8. The Balaban J connectivity index is 1.44. The SMILES string of the molecule is O=C(O)CCCC=CC[C@@H]1[C@H](C=C[C@@H](O)COc2ccccc2)[C@H]2C[C@]1(c1ccccc1)CO2. The number of fused-ring (bicyclic) bond motifs is 2. The number of aliphatic hydroxyl groups excluding tert-OH is 1. The third-order valence-electron chi connectivity index (χ3n) is 7.11. The second-order valence-corrected chi connectivity index (χ2v) is 9.33. The molecule has 34 heavy (non-hydrogen) atoms. The molecule has 2 N–H and O–H groups in total. The molecule has 4 rings (SSSR count). The molecular weight excluding hydrogens is 428 g/mol.